The summed E-state index contributed by atoms with van der Waals surface area (Å²) in [5.41, 5.74) is 1.05. The molecule has 0 aromatic heterocycles. The van der Waals surface area contributed by atoms with Crippen LogP contribution in [0.1, 0.15) is 31.9 Å². The molecule has 0 bridgehead atoms. The van der Waals surface area contributed by atoms with Gasteiger partial charge in [0.1, 0.15) is 0 Å². The molecule has 3 heteroatoms. The first-order valence-corrected chi connectivity index (χ1v) is 5.84. The lowest BCUT2D eigenvalue weighted by molar-refractivity contribution is 0.321. The van der Waals surface area contributed by atoms with Gasteiger partial charge in [-0.25, -0.2) is 0 Å². The highest BCUT2D eigenvalue weighted by Gasteiger charge is 1.90. The van der Waals surface area contributed by atoms with Crippen molar-refractivity contribution in [3.63, 3.8) is 0 Å². The minimum atomic E-state index is 0.527. The fraction of sp³-hybridized carbons (Fsp3) is 0.429. The van der Waals surface area contributed by atoms with Crippen LogP contribution in [-0.2, 0) is 0 Å². The summed E-state index contributed by atoms with van der Waals surface area (Å²) in [6.07, 6.45) is 0. The maximum atomic E-state index is 8.40. The molecule has 0 unspecified atom stereocenters. The van der Waals surface area contributed by atoms with Crippen LogP contribution in [0.25, 0.3) is 0 Å². The van der Waals surface area contributed by atoms with Crippen molar-refractivity contribution in [3.8, 4) is 12.1 Å². The second kappa shape index (κ2) is 9.39. The zero-order chi connectivity index (χ0) is 13.1. The number of hydrogen-bond donors (Lipinski definition) is 0. The molecule has 0 saturated heterocycles. The fourth-order valence-corrected chi connectivity index (χ4v) is 1.33. The van der Waals surface area contributed by atoms with Gasteiger partial charge in [0.05, 0.1) is 23.3 Å². The number of rotatable bonds is 3. The van der Waals surface area contributed by atoms with Crippen LogP contribution >= 0.6 is 0 Å². The third kappa shape index (κ3) is 6.35. The Hall–Kier alpha value is -1.84. The van der Waals surface area contributed by atoms with Crippen molar-refractivity contribution < 1.29 is 0 Å². The molecular weight excluding hydrogens is 210 g/mol. The van der Waals surface area contributed by atoms with Crippen molar-refractivity contribution in [2.24, 2.45) is 0 Å². The van der Waals surface area contributed by atoms with Crippen LogP contribution in [0.3, 0.4) is 0 Å². The Balaban J connectivity index is 0.000000325. The molecule has 0 spiro atoms. The molecule has 0 fully saturated rings. The summed E-state index contributed by atoms with van der Waals surface area (Å²) < 4.78 is 0. The van der Waals surface area contributed by atoms with E-state index in [1.165, 1.54) is 19.6 Å². The standard InChI is InChI=1S/C8H4N2.C6H15N/c9-5-7-2-1-3-8(4-7)6-10;1-4-7(5-2)6-3/h1-4H;4-6H2,1-3H3. The molecule has 1 aromatic rings. The highest BCUT2D eigenvalue weighted by atomic mass is 15.1. The molecule has 3 nitrogen and oxygen atoms in total. The van der Waals surface area contributed by atoms with E-state index in [0.717, 1.165) is 0 Å². The highest BCUT2D eigenvalue weighted by Crippen LogP contribution is 2.01. The number of benzene rings is 1. The SMILES string of the molecule is CCN(CC)CC.N#Cc1cccc(C#N)c1. The predicted octanol–water partition coefficient (Wildman–Crippen LogP) is 2.78. The predicted molar refractivity (Wildman–Crippen MR) is 69.3 cm³/mol. The smallest absolute Gasteiger partial charge is 0.0992 e. The zero-order valence-corrected chi connectivity index (χ0v) is 10.8. The first kappa shape index (κ1) is 15.2. The average molecular weight is 229 g/mol. The van der Waals surface area contributed by atoms with E-state index >= 15 is 0 Å². The van der Waals surface area contributed by atoms with Crippen LogP contribution in [-0.4, -0.2) is 24.5 Å². The third-order valence-corrected chi connectivity index (χ3v) is 2.46. The summed E-state index contributed by atoms with van der Waals surface area (Å²) >= 11 is 0. The van der Waals surface area contributed by atoms with Gasteiger partial charge in [0, 0.05) is 0 Å². The molecule has 0 aliphatic carbocycles. The molecule has 0 amide bonds. The molecule has 0 N–H and O–H groups in total. The number of nitrogens with zero attached hydrogens (tertiary/aromatic N) is 3. The van der Waals surface area contributed by atoms with E-state index < -0.39 is 0 Å². The highest BCUT2D eigenvalue weighted by molar-refractivity contribution is 5.38. The minimum Gasteiger partial charge on any atom is -0.304 e. The van der Waals surface area contributed by atoms with E-state index in [1.807, 2.05) is 12.1 Å². The van der Waals surface area contributed by atoms with Crippen LogP contribution in [0.2, 0.25) is 0 Å². The molecule has 17 heavy (non-hydrogen) atoms. The van der Waals surface area contributed by atoms with Gasteiger partial charge >= 0.3 is 0 Å². The van der Waals surface area contributed by atoms with Gasteiger partial charge in [-0.15, -0.1) is 0 Å². The monoisotopic (exact) mass is 229 g/mol. The van der Waals surface area contributed by atoms with Crippen LogP contribution in [0, 0.1) is 22.7 Å². The summed E-state index contributed by atoms with van der Waals surface area (Å²) in [5.74, 6) is 0. The quantitative estimate of drug-likeness (QED) is 0.800. The molecule has 0 aliphatic rings. The van der Waals surface area contributed by atoms with E-state index in [1.54, 1.807) is 24.3 Å². The second-order valence-corrected chi connectivity index (χ2v) is 3.42. The van der Waals surface area contributed by atoms with E-state index in [9.17, 15) is 0 Å². The van der Waals surface area contributed by atoms with E-state index in [2.05, 4.69) is 25.7 Å². The van der Waals surface area contributed by atoms with Gasteiger partial charge in [-0.05, 0) is 37.8 Å². The lowest BCUT2D eigenvalue weighted by atomic mass is 10.2. The van der Waals surface area contributed by atoms with E-state index in [0.29, 0.717) is 11.1 Å². The lowest BCUT2D eigenvalue weighted by Crippen LogP contribution is -2.21. The van der Waals surface area contributed by atoms with Gasteiger partial charge in [0.25, 0.3) is 0 Å². The Bertz CT molecular complexity index is 360. The molecular formula is C14H19N3. The topological polar surface area (TPSA) is 50.8 Å². The number of nitriles is 2. The van der Waals surface area contributed by atoms with Crippen molar-refractivity contribution in [2.75, 3.05) is 19.6 Å². The maximum Gasteiger partial charge on any atom is 0.0992 e. The summed E-state index contributed by atoms with van der Waals surface area (Å²) in [6, 6.07) is 10.5. The van der Waals surface area contributed by atoms with Gasteiger partial charge in [-0.3, -0.25) is 0 Å². The minimum absolute atomic E-state index is 0.527. The first-order chi connectivity index (χ1) is 8.21. The Morgan fingerprint density at radius 2 is 1.35 bits per heavy atom. The van der Waals surface area contributed by atoms with Crippen molar-refractivity contribution in [3.05, 3.63) is 35.4 Å². The van der Waals surface area contributed by atoms with Crippen LogP contribution in [0.5, 0.6) is 0 Å². The Morgan fingerprint density at radius 3 is 1.59 bits per heavy atom. The molecule has 1 rings (SSSR count). The van der Waals surface area contributed by atoms with Crippen molar-refractivity contribution in [1.29, 1.82) is 10.5 Å². The van der Waals surface area contributed by atoms with Crippen molar-refractivity contribution >= 4 is 0 Å². The van der Waals surface area contributed by atoms with Gasteiger partial charge in [-0.2, -0.15) is 10.5 Å². The fourth-order valence-electron chi connectivity index (χ4n) is 1.33. The summed E-state index contributed by atoms with van der Waals surface area (Å²) in [4.78, 5) is 2.38. The van der Waals surface area contributed by atoms with Crippen molar-refractivity contribution in [1.82, 2.24) is 4.90 Å². The largest absolute Gasteiger partial charge is 0.304 e. The Labute approximate surface area is 104 Å². The van der Waals surface area contributed by atoms with Gasteiger partial charge < -0.3 is 4.90 Å². The molecule has 0 heterocycles. The second-order valence-electron chi connectivity index (χ2n) is 3.42. The molecule has 1 aromatic carbocycles. The molecule has 90 valence electrons. The average Bonchev–Trinajstić information content (AvgIpc) is 2.41. The van der Waals surface area contributed by atoms with Gasteiger partial charge in [-0.1, -0.05) is 26.8 Å². The Morgan fingerprint density at radius 1 is 0.941 bits per heavy atom. The maximum absolute atomic E-state index is 8.40. The summed E-state index contributed by atoms with van der Waals surface area (Å²) in [5, 5.41) is 16.8. The van der Waals surface area contributed by atoms with E-state index in [-0.39, 0.29) is 0 Å². The van der Waals surface area contributed by atoms with Crippen LogP contribution < -0.4 is 0 Å². The summed E-state index contributed by atoms with van der Waals surface area (Å²) in [6.45, 7) is 10.1. The Kier molecular flexibility index (Phi) is 8.37. The normalized spacial score (nSPS) is 8.82. The molecule has 0 saturated carbocycles. The lowest BCUT2D eigenvalue weighted by Gasteiger charge is -2.13. The number of hydrogen-bond acceptors (Lipinski definition) is 3. The van der Waals surface area contributed by atoms with Crippen LogP contribution in [0.15, 0.2) is 24.3 Å². The third-order valence-electron chi connectivity index (χ3n) is 2.46. The zero-order valence-electron chi connectivity index (χ0n) is 10.8. The molecule has 0 atom stereocenters. The van der Waals surface area contributed by atoms with E-state index in [4.69, 9.17) is 10.5 Å². The molecule has 0 aliphatic heterocycles. The van der Waals surface area contributed by atoms with Gasteiger partial charge in [0.2, 0.25) is 0 Å². The summed E-state index contributed by atoms with van der Waals surface area (Å²) in [7, 11) is 0. The van der Waals surface area contributed by atoms with Gasteiger partial charge in [0.15, 0.2) is 0 Å². The van der Waals surface area contributed by atoms with Crippen molar-refractivity contribution in [2.45, 2.75) is 20.8 Å². The first-order valence-electron chi connectivity index (χ1n) is 5.84. The van der Waals surface area contributed by atoms with Crippen LogP contribution in [0.4, 0.5) is 0 Å². The molecule has 0 radical (unpaired) electrons.